The van der Waals surface area contributed by atoms with Crippen LogP contribution < -0.4 is 10.5 Å². The Bertz CT molecular complexity index is 606. The van der Waals surface area contributed by atoms with Crippen molar-refractivity contribution in [1.82, 2.24) is 0 Å². The van der Waals surface area contributed by atoms with Gasteiger partial charge in [0.15, 0.2) is 0 Å². The molecule has 0 saturated heterocycles. The lowest BCUT2D eigenvalue weighted by Crippen LogP contribution is -2.13. The zero-order chi connectivity index (χ0) is 14.0. The first-order chi connectivity index (χ1) is 9.02. The Balaban J connectivity index is 2.38. The zero-order valence-corrected chi connectivity index (χ0v) is 12.5. The molecule has 2 N–H and O–H groups in total. The quantitative estimate of drug-likeness (QED) is 0.901. The fraction of sp³-hybridized carbons (Fsp3) is 0.143. The second-order valence-corrected chi connectivity index (χ2v) is 5.36. The van der Waals surface area contributed by atoms with Gasteiger partial charge < -0.3 is 10.5 Å². The van der Waals surface area contributed by atoms with E-state index in [1.807, 2.05) is 0 Å². The lowest BCUT2D eigenvalue weighted by molar-refractivity contribution is 0.415. The highest BCUT2D eigenvalue weighted by Gasteiger charge is 2.15. The molecule has 0 saturated carbocycles. The molecule has 0 aliphatic carbocycles. The van der Waals surface area contributed by atoms with E-state index >= 15 is 0 Å². The molecule has 0 bridgehead atoms. The molecular formula is C14H12BrClFNO. The summed E-state index contributed by atoms with van der Waals surface area (Å²) in [6, 6.07) is 9.40. The highest BCUT2D eigenvalue weighted by atomic mass is 79.9. The molecular weight excluding hydrogens is 333 g/mol. The highest BCUT2D eigenvalue weighted by Crippen LogP contribution is 2.30. The lowest BCUT2D eigenvalue weighted by atomic mass is 9.99. The number of methoxy groups -OCH3 is 1. The van der Waals surface area contributed by atoms with E-state index in [2.05, 4.69) is 15.9 Å². The largest absolute Gasteiger partial charge is 0.495 e. The SMILES string of the molecule is COc1ccc(C(N)c2ccc(Br)cc2F)cc1Cl. The van der Waals surface area contributed by atoms with Gasteiger partial charge in [0.05, 0.1) is 18.2 Å². The third-order valence-corrected chi connectivity index (χ3v) is 3.62. The standard InChI is InChI=1S/C14H12BrClFNO/c1-19-13-5-2-8(6-11(13)16)14(18)10-4-3-9(15)7-12(10)17/h2-7,14H,18H2,1H3. The third kappa shape index (κ3) is 3.08. The van der Waals surface area contributed by atoms with Crippen LogP contribution in [0, 0.1) is 5.82 Å². The van der Waals surface area contributed by atoms with E-state index < -0.39 is 6.04 Å². The van der Waals surface area contributed by atoms with Gasteiger partial charge in [0.1, 0.15) is 11.6 Å². The van der Waals surface area contributed by atoms with Crippen molar-refractivity contribution in [1.29, 1.82) is 0 Å². The van der Waals surface area contributed by atoms with Crippen molar-refractivity contribution >= 4 is 27.5 Å². The summed E-state index contributed by atoms with van der Waals surface area (Å²) in [6.07, 6.45) is 0. The molecule has 0 heterocycles. The number of ether oxygens (including phenoxy) is 1. The van der Waals surface area contributed by atoms with Gasteiger partial charge in [-0.05, 0) is 29.8 Å². The minimum atomic E-state index is -0.573. The maximum atomic E-state index is 13.9. The molecule has 0 radical (unpaired) electrons. The summed E-state index contributed by atoms with van der Waals surface area (Å²) >= 11 is 9.26. The monoisotopic (exact) mass is 343 g/mol. The van der Waals surface area contributed by atoms with E-state index in [0.717, 1.165) is 5.56 Å². The van der Waals surface area contributed by atoms with Crippen LogP contribution in [0.2, 0.25) is 5.02 Å². The summed E-state index contributed by atoms with van der Waals surface area (Å²) in [5.74, 6) is 0.211. The topological polar surface area (TPSA) is 35.2 Å². The molecule has 0 fully saturated rings. The molecule has 2 rings (SSSR count). The summed E-state index contributed by atoms with van der Waals surface area (Å²) < 4.78 is 19.6. The number of nitrogens with two attached hydrogens (primary N) is 1. The van der Waals surface area contributed by atoms with E-state index in [9.17, 15) is 4.39 Å². The first kappa shape index (κ1) is 14.3. The molecule has 19 heavy (non-hydrogen) atoms. The number of benzene rings is 2. The second-order valence-electron chi connectivity index (χ2n) is 4.04. The van der Waals surface area contributed by atoms with Crippen LogP contribution in [0.5, 0.6) is 5.75 Å². The first-order valence-electron chi connectivity index (χ1n) is 5.57. The van der Waals surface area contributed by atoms with Crippen molar-refractivity contribution in [2.75, 3.05) is 7.11 Å². The average Bonchev–Trinajstić information content (AvgIpc) is 2.38. The van der Waals surface area contributed by atoms with Gasteiger partial charge in [0.25, 0.3) is 0 Å². The lowest BCUT2D eigenvalue weighted by Gasteiger charge is -2.15. The Morgan fingerprint density at radius 1 is 1.26 bits per heavy atom. The summed E-state index contributed by atoms with van der Waals surface area (Å²) in [5.41, 5.74) is 7.22. The van der Waals surface area contributed by atoms with Gasteiger partial charge in [-0.15, -0.1) is 0 Å². The molecule has 100 valence electrons. The molecule has 2 aromatic rings. The van der Waals surface area contributed by atoms with Gasteiger partial charge in [-0.3, -0.25) is 0 Å². The summed E-state index contributed by atoms with van der Waals surface area (Å²) in [7, 11) is 1.54. The Kier molecular flexibility index (Phi) is 4.45. The Morgan fingerprint density at radius 3 is 2.58 bits per heavy atom. The fourth-order valence-electron chi connectivity index (χ4n) is 1.81. The number of hydrogen-bond donors (Lipinski definition) is 1. The van der Waals surface area contributed by atoms with Gasteiger partial charge in [-0.2, -0.15) is 0 Å². The number of halogens is 3. The van der Waals surface area contributed by atoms with Crippen LogP contribution in [0.25, 0.3) is 0 Å². The predicted octanol–water partition coefficient (Wildman–Crippen LogP) is 4.30. The second kappa shape index (κ2) is 5.90. The molecule has 0 amide bonds. The molecule has 0 spiro atoms. The van der Waals surface area contributed by atoms with Gasteiger partial charge in [-0.1, -0.05) is 39.7 Å². The normalized spacial score (nSPS) is 12.3. The van der Waals surface area contributed by atoms with Crippen LogP contribution in [0.15, 0.2) is 40.9 Å². The number of rotatable bonds is 3. The van der Waals surface area contributed by atoms with E-state index in [-0.39, 0.29) is 5.82 Å². The van der Waals surface area contributed by atoms with Crippen LogP contribution in [0.1, 0.15) is 17.2 Å². The maximum Gasteiger partial charge on any atom is 0.137 e. The minimum Gasteiger partial charge on any atom is -0.495 e. The third-order valence-electron chi connectivity index (χ3n) is 2.83. The van der Waals surface area contributed by atoms with Crippen molar-refractivity contribution in [2.24, 2.45) is 5.73 Å². The fourth-order valence-corrected chi connectivity index (χ4v) is 2.41. The van der Waals surface area contributed by atoms with Gasteiger partial charge >= 0.3 is 0 Å². The Hall–Kier alpha value is -1.10. The van der Waals surface area contributed by atoms with Gasteiger partial charge in [-0.25, -0.2) is 4.39 Å². The molecule has 0 aliphatic rings. The predicted molar refractivity (Wildman–Crippen MR) is 78.1 cm³/mol. The molecule has 1 unspecified atom stereocenters. The summed E-state index contributed by atoms with van der Waals surface area (Å²) in [5, 5.41) is 0.452. The summed E-state index contributed by atoms with van der Waals surface area (Å²) in [4.78, 5) is 0. The van der Waals surface area contributed by atoms with Crippen LogP contribution in [-0.4, -0.2) is 7.11 Å². The van der Waals surface area contributed by atoms with Crippen LogP contribution >= 0.6 is 27.5 Å². The molecule has 1 atom stereocenters. The first-order valence-corrected chi connectivity index (χ1v) is 6.74. The van der Waals surface area contributed by atoms with Gasteiger partial charge in [0, 0.05) is 10.0 Å². The maximum absolute atomic E-state index is 13.9. The molecule has 0 aromatic heterocycles. The molecule has 5 heteroatoms. The Labute approximate surface area is 124 Å². The van der Waals surface area contributed by atoms with Gasteiger partial charge in [0.2, 0.25) is 0 Å². The van der Waals surface area contributed by atoms with E-state index in [4.69, 9.17) is 22.1 Å². The number of hydrogen-bond acceptors (Lipinski definition) is 2. The molecule has 2 nitrogen and oxygen atoms in total. The Morgan fingerprint density at radius 2 is 2.00 bits per heavy atom. The molecule has 2 aromatic carbocycles. The highest BCUT2D eigenvalue weighted by molar-refractivity contribution is 9.10. The van der Waals surface area contributed by atoms with Crippen LogP contribution in [0.4, 0.5) is 4.39 Å². The van der Waals surface area contributed by atoms with Crippen molar-refractivity contribution in [3.05, 3.63) is 62.8 Å². The smallest absolute Gasteiger partial charge is 0.137 e. The zero-order valence-electron chi connectivity index (χ0n) is 10.2. The van der Waals surface area contributed by atoms with Crippen molar-refractivity contribution in [3.63, 3.8) is 0 Å². The summed E-state index contributed by atoms with van der Waals surface area (Å²) in [6.45, 7) is 0. The average molecular weight is 345 g/mol. The van der Waals surface area contributed by atoms with Crippen molar-refractivity contribution in [2.45, 2.75) is 6.04 Å². The minimum absolute atomic E-state index is 0.353. The van der Waals surface area contributed by atoms with Crippen molar-refractivity contribution in [3.8, 4) is 5.75 Å². The van der Waals surface area contributed by atoms with E-state index in [0.29, 0.717) is 20.8 Å². The van der Waals surface area contributed by atoms with E-state index in [1.165, 1.54) is 13.2 Å². The van der Waals surface area contributed by atoms with Crippen molar-refractivity contribution < 1.29 is 9.13 Å². The van der Waals surface area contributed by atoms with Crippen LogP contribution in [-0.2, 0) is 0 Å². The molecule has 0 aliphatic heterocycles. The van der Waals surface area contributed by atoms with Crippen LogP contribution in [0.3, 0.4) is 0 Å². The van der Waals surface area contributed by atoms with E-state index in [1.54, 1.807) is 30.3 Å².